The summed E-state index contributed by atoms with van der Waals surface area (Å²) in [5.74, 6) is 7.30. The van der Waals surface area contributed by atoms with Crippen LogP contribution >= 0.6 is 0 Å². The number of H-pyrrole nitrogens is 1. The molecule has 0 saturated heterocycles. The SMILES string of the molecule is CCc1nc(-c2ccc(NC(=O)Nc3cc(C(C)(C)C)[nH]n3)cc2)n(N)c2cnnc1-2. The molecule has 1 aromatic heterocycles. The van der Waals surface area contributed by atoms with E-state index in [4.69, 9.17) is 5.84 Å². The Morgan fingerprint density at radius 3 is 2.58 bits per heavy atom. The number of nitrogens with one attached hydrogen (secondary N) is 3. The Balaban J connectivity index is 1.50. The number of carbonyl (C=O) groups is 1. The molecule has 0 unspecified atom stereocenters. The van der Waals surface area contributed by atoms with Gasteiger partial charge in [0.25, 0.3) is 0 Å². The molecule has 0 spiro atoms. The Morgan fingerprint density at radius 2 is 1.94 bits per heavy atom. The van der Waals surface area contributed by atoms with Crippen molar-refractivity contribution in [3.63, 3.8) is 0 Å². The maximum absolute atomic E-state index is 12.3. The van der Waals surface area contributed by atoms with Crippen LogP contribution in [0.15, 0.2) is 36.5 Å². The molecule has 160 valence electrons. The molecule has 2 aliphatic heterocycles. The molecule has 3 heterocycles. The number of urea groups is 1. The second kappa shape index (κ2) is 7.71. The summed E-state index contributed by atoms with van der Waals surface area (Å²) < 4.78 is 1.48. The Bertz CT molecular complexity index is 1180. The van der Waals surface area contributed by atoms with E-state index in [1.54, 1.807) is 18.3 Å². The van der Waals surface area contributed by atoms with Crippen molar-refractivity contribution in [2.45, 2.75) is 39.5 Å². The van der Waals surface area contributed by atoms with Crippen molar-refractivity contribution in [3.05, 3.63) is 47.9 Å². The van der Waals surface area contributed by atoms with Crippen LogP contribution in [0.3, 0.4) is 0 Å². The van der Waals surface area contributed by atoms with E-state index >= 15 is 0 Å². The van der Waals surface area contributed by atoms with E-state index in [-0.39, 0.29) is 11.4 Å². The average Bonchev–Trinajstić information content (AvgIpc) is 3.39. The van der Waals surface area contributed by atoms with Crippen LogP contribution in [0.1, 0.15) is 39.1 Å². The highest BCUT2D eigenvalue weighted by Gasteiger charge is 2.20. The van der Waals surface area contributed by atoms with Crippen LogP contribution in [-0.4, -0.2) is 36.1 Å². The van der Waals surface area contributed by atoms with E-state index in [9.17, 15) is 4.79 Å². The smallest absolute Gasteiger partial charge is 0.324 e. The maximum atomic E-state index is 12.3. The zero-order chi connectivity index (χ0) is 22.2. The molecule has 1 aromatic carbocycles. The van der Waals surface area contributed by atoms with Crippen molar-refractivity contribution in [1.29, 1.82) is 0 Å². The van der Waals surface area contributed by atoms with Gasteiger partial charge in [-0.25, -0.2) is 14.5 Å². The predicted octanol–water partition coefficient (Wildman–Crippen LogP) is 3.39. The first-order valence-corrected chi connectivity index (χ1v) is 9.98. The Morgan fingerprint density at radius 1 is 1.19 bits per heavy atom. The van der Waals surface area contributed by atoms with Crippen molar-refractivity contribution in [2.24, 2.45) is 0 Å². The lowest BCUT2D eigenvalue weighted by Crippen LogP contribution is -2.20. The molecule has 2 amide bonds. The van der Waals surface area contributed by atoms with Gasteiger partial charge in [0.05, 0.1) is 11.9 Å². The summed E-state index contributed by atoms with van der Waals surface area (Å²) in [5, 5.41) is 20.7. The lowest BCUT2D eigenvalue weighted by molar-refractivity contribution is 0.262. The van der Waals surface area contributed by atoms with E-state index in [0.717, 1.165) is 22.6 Å². The van der Waals surface area contributed by atoms with Crippen LogP contribution in [0.25, 0.3) is 22.8 Å². The number of rotatable bonds is 4. The highest BCUT2D eigenvalue weighted by Crippen LogP contribution is 2.27. The molecule has 5 N–H and O–H groups in total. The molecule has 0 bridgehead atoms. The van der Waals surface area contributed by atoms with Crippen LogP contribution in [0, 0.1) is 0 Å². The summed E-state index contributed by atoms with van der Waals surface area (Å²) in [7, 11) is 0. The number of hydrogen-bond acceptors (Lipinski definition) is 6. The molecule has 4 rings (SSSR count). The quantitative estimate of drug-likeness (QED) is 0.374. The van der Waals surface area contributed by atoms with Gasteiger partial charge >= 0.3 is 6.03 Å². The minimum absolute atomic E-state index is 0.0811. The average molecular weight is 419 g/mol. The van der Waals surface area contributed by atoms with Gasteiger partial charge in [-0.15, -0.1) is 5.10 Å². The summed E-state index contributed by atoms with van der Waals surface area (Å²) in [6, 6.07) is 8.72. The molecule has 0 atom stereocenters. The largest absolute Gasteiger partial charge is 0.337 e. The van der Waals surface area contributed by atoms with Crippen LogP contribution in [0.5, 0.6) is 0 Å². The summed E-state index contributed by atoms with van der Waals surface area (Å²) >= 11 is 0. The van der Waals surface area contributed by atoms with Crippen molar-refractivity contribution < 1.29 is 4.79 Å². The first-order valence-electron chi connectivity index (χ1n) is 9.98. The Hall–Kier alpha value is -3.95. The number of aryl methyl sites for hydroxylation is 1. The molecule has 0 fully saturated rings. The Labute approximate surface area is 179 Å². The van der Waals surface area contributed by atoms with E-state index < -0.39 is 0 Å². The normalized spacial score (nSPS) is 11.6. The van der Waals surface area contributed by atoms with Gasteiger partial charge in [-0.3, -0.25) is 10.4 Å². The van der Waals surface area contributed by atoms with Crippen molar-refractivity contribution in [3.8, 4) is 22.8 Å². The number of anilines is 2. The summed E-state index contributed by atoms with van der Waals surface area (Å²) in [6.07, 6.45) is 2.34. The van der Waals surface area contributed by atoms with Crippen molar-refractivity contribution in [2.75, 3.05) is 16.5 Å². The van der Waals surface area contributed by atoms with Crippen LogP contribution in [0.4, 0.5) is 16.3 Å². The number of carbonyl (C=O) groups excluding carboxylic acids is 1. The van der Waals surface area contributed by atoms with Crippen molar-refractivity contribution >= 4 is 17.5 Å². The van der Waals surface area contributed by atoms with E-state index in [2.05, 4.69) is 56.8 Å². The standard InChI is InChI=1S/C21H25N9O/c1-5-14-18-15(11-23-29-18)30(22)19(25-14)12-6-8-13(9-7-12)24-20(31)26-17-10-16(27-28-17)21(2,3)4/h6-11H,5,22H2,1-4H3,(H3,24,26,27,28,31). The second-order valence-corrected chi connectivity index (χ2v) is 8.26. The number of aromatic amines is 1. The van der Waals surface area contributed by atoms with Gasteiger partial charge in [-0.1, -0.05) is 27.7 Å². The number of nitrogen functional groups attached to an aromatic ring is 1. The lowest BCUT2D eigenvalue weighted by atomic mass is 9.92. The fraction of sp³-hybridized carbons (Fsp3) is 0.286. The minimum atomic E-state index is -0.379. The third kappa shape index (κ3) is 4.04. The van der Waals surface area contributed by atoms with E-state index in [1.165, 1.54) is 4.68 Å². The van der Waals surface area contributed by atoms with Gasteiger partial charge in [0, 0.05) is 28.4 Å². The molecule has 0 aliphatic carbocycles. The van der Waals surface area contributed by atoms with Gasteiger partial charge < -0.3 is 11.2 Å². The predicted molar refractivity (Wildman–Crippen MR) is 119 cm³/mol. The Kier molecular flexibility index (Phi) is 5.05. The maximum Gasteiger partial charge on any atom is 0.324 e. The fourth-order valence-electron chi connectivity index (χ4n) is 3.19. The number of aromatic nitrogens is 6. The molecular formula is C21H25N9O. The number of amides is 2. The first-order chi connectivity index (χ1) is 14.8. The third-order valence-corrected chi connectivity index (χ3v) is 4.95. The molecule has 10 heteroatoms. The molecule has 2 aliphatic rings. The van der Waals surface area contributed by atoms with Crippen LogP contribution < -0.4 is 16.5 Å². The molecule has 0 saturated carbocycles. The fourth-order valence-corrected chi connectivity index (χ4v) is 3.19. The summed E-state index contributed by atoms with van der Waals surface area (Å²) in [5.41, 5.74) is 4.56. The molecular weight excluding hydrogens is 394 g/mol. The summed E-state index contributed by atoms with van der Waals surface area (Å²) in [6.45, 7) is 8.21. The number of nitrogens with zero attached hydrogens (tertiary/aromatic N) is 5. The zero-order valence-electron chi connectivity index (χ0n) is 17.9. The highest BCUT2D eigenvalue weighted by molar-refractivity contribution is 5.99. The van der Waals surface area contributed by atoms with Gasteiger partial charge in [0.2, 0.25) is 0 Å². The number of hydrogen-bond donors (Lipinski definition) is 4. The molecule has 10 nitrogen and oxygen atoms in total. The number of nitrogens with two attached hydrogens (primary N) is 1. The molecule has 0 radical (unpaired) electrons. The minimum Gasteiger partial charge on any atom is -0.337 e. The second-order valence-electron chi connectivity index (χ2n) is 8.26. The molecule has 31 heavy (non-hydrogen) atoms. The van der Waals surface area contributed by atoms with Gasteiger partial charge in [0.1, 0.15) is 11.4 Å². The topological polar surface area (TPSA) is 139 Å². The molecule has 2 aromatic rings. The lowest BCUT2D eigenvalue weighted by Gasteiger charge is -2.15. The third-order valence-electron chi connectivity index (χ3n) is 4.95. The summed E-state index contributed by atoms with van der Waals surface area (Å²) in [4.78, 5) is 17.0. The monoisotopic (exact) mass is 419 g/mol. The van der Waals surface area contributed by atoms with Crippen LogP contribution in [0.2, 0.25) is 0 Å². The van der Waals surface area contributed by atoms with Crippen molar-refractivity contribution in [1.82, 2.24) is 30.1 Å². The van der Waals surface area contributed by atoms with Gasteiger partial charge in [-0.05, 0) is 30.7 Å². The van der Waals surface area contributed by atoms with Gasteiger partial charge in [0.15, 0.2) is 11.6 Å². The number of fused-ring (bicyclic) bond motifs is 1. The first kappa shape index (κ1) is 20.3. The number of benzene rings is 1. The zero-order valence-corrected chi connectivity index (χ0v) is 17.9. The highest BCUT2D eigenvalue weighted by atomic mass is 16.2. The van der Waals surface area contributed by atoms with E-state index in [0.29, 0.717) is 29.4 Å². The van der Waals surface area contributed by atoms with Crippen LogP contribution in [-0.2, 0) is 11.8 Å². The van der Waals surface area contributed by atoms with E-state index in [1.807, 2.05) is 25.1 Å². The van der Waals surface area contributed by atoms with Gasteiger partial charge in [-0.2, -0.15) is 10.2 Å².